The molecule has 16 rings (SSSR count). The highest BCUT2D eigenvalue weighted by atomic mass is 19.2. The highest BCUT2D eigenvalue weighted by Crippen LogP contribution is 2.49. The molecule has 0 heterocycles. The Labute approximate surface area is 883 Å². The second-order valence-corrected chi connectivity index (χ2v) is 46.2. The van der Waals surface area contributed by atoms with Crippen LogP contribution in [0.25, 0.3) is 0 Å². The van der Waals surface area contributed by atoms with Gasteiger partial charge < -0.3 is 0 Å². The van der Waals surface area contributed by atoms with Crippen molar-refractivity contribution in [3.63, 3.8) is 0 Å². The second kappa shape index (κ2) is 64.1. The molecule has 8 aliphatic rings. The molecule has 8 aromatic carbocycles. The molecule has 0 unspecified atom stereocenters. The van der Waals surface area contributed by atoms with Crippen molar-refractivity contribution >= 4 is 0 Å². The van der Waals surface area contributed by atoms with Crippen molar-refractivity contribution in [2.75, 3.05) is 0 Å². The Bertz CT molecular complexity index is 4900. The molecule has 0 bridgehead atoms. The number of benzene rings is 8. The summed E-state index contributed by atoms with van der Waals surface area (Å²) in [6.07, 6.45) is 60.2. The lowest BCUT2D eigenvalue weighted by Crippen LogP contribution is -2.15. The van der Waals surface area contributed by atoms with Crippen LogP contribution in [0.2, 0.25) is 0 Å². The van der Waals surface area contributed by atoms with E-state index in [0.29, 0.717) is 89.0 Å². The van der Waals surface area contributed by atoms with Crippen LogP contribution < -0.4 is 0 Å². The van der Waals surface area contributed by atoms with E-state index in [1.54, 1.807) is 152 Å². The molecule has 0 saturated heterocycles. The maximum atomic E-state index is 14.0. The molecule has 8 saturated carbocycles. The third-order valence-electron chi connectivity index (χ3n) is 35.6. The zero-order valence-corrected chi connectivity index (χ0v) is 93.3. The monoisotopic (exact) mass is 2070 g/mol. The molecule has 0 aliphatic heterocycles. The van der Waals surface area contributed by atoms with Crippen molar-refractivity contribution < 1.29 is 70.2 Å². The SMILES string of the molecule is CCC1CCC(c2ccc(C)c(F)c2F)CC1.CCC1CCC(c2ccc(C)c(F)c2F)CC1.CCCC1CCC(c2ccc(C)c(F)c2F)CC1.CCCC1CCC(c2ccc(C)c(F)c2F)CC1.CCCCC1CCC(c2ccc(C)c(F)c2F)CC1.CCCCC1CCC(c2ccc(C)c(F)c2F)CC1.CCCCCC1CCC(c2ccc(C)c(F)c2F)CC1.CCCCCC1CCC(c2ccc(C)c(F)c2F)CC1. The highest BCUT2D eigenvalue weighted by Gasteiger charge is 2.35. The first kappa shape index (κ1) is 124. The van der Waals surface area contributed by atoms with Gasteiger partial charge in [-0.3, -0.25) is 0 Å². The number of hydrogen-bond acceptors (Lipinski definition) is 0. The average Bonchev–Trinajstić information content (AvgIpc) is 0.849. The second-order valence-electron chi connectivity index (χ2n) is 46.2. The van der Waals surface area contributed by atoms with Gasteiger partial charge >= 0.3 is 0 Å². The summed E-state index contributed by atoms with van der Waals surface area (Å²) >= 11 is 0. The van der Waals surface area contributed by atoms with Gasteiger partial charge in [0.25, 0.3) is 0 Å². The van der Waals surface area contributed by atoms with Gasteiger partial charge in [-0.05, 0) is 445 Å². The molecule has 0 nitrogen and oxygen atoms in total. The van der Waals surface area contributed by atoms with Crippen molar-refractivity contribution in [2.24, 2.45) is 47.3 Å². The lowest BCUT2D eigenvalue weighted by molar-refractivity contribution is 0.297. The topological polar surface area (TPSA) is 0 Å². The molecule has 0 atom stereocenters. The van der Waals surface area contributed by atoms with Crippen LogP contribution in [0.4, 0.5) is 70.2 Å². The Morgan fingerprint density at radius 1 is 0.142 bits per heavy atom. The van der Waals surface area contributed by atoms with E-state index in [1.165, 1.54) is 180 Å². The fraction of sp³-hybridized carbons (Fsp3) is 0.636. The standard InChI is InChI=1S/2C18H26F2.2C17H24F2.2C16H22F2.2C15H20F2/c2*1-3-4-5-6-14-8-10-15(11-9-14)16-12-7-13(2)17(19)18(16)20;2*1-3-4-5-13-7-9-14(10-8-13)15-11-6-12(2)16(18)17(15)19;2*1-3-4-12-6-8-13(9-7-12)14-10-5-11(2)15(17)16(14)18;2*1-3-11-5-7-12(8-6-11)13-9-4-10(2)14(16)15(13)17/h2*7,12,14-15H,3-6,8-11H2,1-2H3;2*6,11,13-14H,3-5,7-10H2,1-2H3;2*5,10,12-13H,3-4,6-9H2,1-2H3;2*4,9,11-12H,3,5-8H2,1-2H3. The minimum Gasteiger partial charge on any atom is -0.203 e. The molecule has 16 heteroatoms. The molecule has 8 aromatic rings. The van der Waals surface area contributed by atoms with Crippen LogP contribution in [0, 0.1) is 196 Å². The zero-order chi connectivity index (χ0) is 108. The number of halogens is 16. The maximum absolute atomic E-state index is 14.0. The van der Waals surface area contributed by atoms with Crippen molar-refractivity contribution in [3.8, 4) is 0 Å². The average molecular weight is 2070 g/mol. The fourth-order valence-electron chi connectivity index (χ4n) is 25.3. The van der Waals surface area contributed by atoms with E-state index in [-0.39, 0.29) is 47.3 Å². The van der Waals surface area contributed by atoms with E-state index < -0.39 is 93.1 Å². The van der Waals surface area contributed by atoms with E-state index in [9.17, 15) is 70.2 Å². The van der Waals surface area contributed by atoms with Gasteiger partial charge in [-0.1, -0.05) is 281 Å². The van der Waals surface area contributed by atoms with Crippen LogP contribution in [0.5, 0.6) is 0 Å². The molecule has 0 amide bonds. The molecule has 148 heavy (non-hydrogen) atoms. The van der Waals surface area contributed by atoms with Gasteiger partial charge in [-0.2, -0.15) is 0 Å². The quantitative estimate of drug-likeness (QED) is 0.0339. The van der Waals surface area contributed by atoms with Gasteiger partial charge in [0.15, 0.2) is 93.1 Å². The number of aryl methyl sites for hydroxylation is 8. The summed E-state index contributed by atoms with van der Waals surface area (Å²) in [4.78, 5) is 0. The Hall–Kier alpha value is -7.36. The smallest absolute Gasteiger partial charge is 0.162 e. The molecule has 8 aliphatic carbocycles. The van der Waals surface area contributed by atoms with Gasteiger partial charge in [0.2, 0.25) is 0 Å². The Balaban J connectivity index is 0.000000188. The number of rotatable bonds is 28. The van der Waals surface area contributed by atoms with Crippen LogP contribution in [0.1, 0.15) is 526 Å². The van der Waals surface area contributed by atoms with Crippen molar-refractivity contribution in [3.05, 3.63) is 279 Å². The van der Waals surface area contributed by atoms with Gasteiger partial charge in [0.1, 0.15) is 0 Å². The molecule has 0 spiro atoms. The van der Waals surface area contributed by atoms with Crippen LogP contribution in [-0.4, -0.2) is 0 Å². The largest absolute Gasteiger partial charge is 0.203 e. The molecule has 8 fully saturated rings. The van der Waals surface area contributed by atoms with Crippen molar-refractivity contribution in [2.45, 2.75) is 492 Å². The minimum atomic E-state index is -0.667. The maximum Gasteiger partial charge on any atom is 0.162 e. The van der Waals surface area contributed by atoms with E-state index in [2.05, 4.69) is 55.4 Å². The third kappa shape index (κ3) is 36.4. The first-order valence-corrected chi connectivity index (χ1v) is 58.6. The summed E-state index contributed by atoms with van der Waals surface area (Å²) in [5.41, 5.74) is 7.93. The van der Waals surface area contributed by atoms with Crippen molar-refractivity contribution in [1.82, 2.24) is 0 Å². The van der Waals surface area contributed by atoms with Crippen LogP contribution in [0.15, 0.2) is 97.1 Å². The highest BCUT2D eigenvalue weighted by molar-refractivity contribution is 5.36. The molecule has 0 radical (unpaired) electrons. The first-order chi connectivity index (χ1) is 71.0. The Morgan fingerprint density at radius 3 is 0.399 bits per heavy atom. The lowest BCUT2D eigenvalue weighted by atomic mass is 9.76. The van der Waals surface area contributed by atoms with Crippen LogP contribution in [0.3, 0.4) is 0 Å². The van der Waals surface area contributed by atoms with E-state index in [1.807, 2.05) is 0 Å². The Morgan fingerprint density at radius 2 is 0.270 bits per heavy atom. The van der Waals surface area contributed by atoms with Gasteiger partial charge in [0, 0.05) is 0 Å². The zero-order valence-electron chi connectivity index (χ0n) is 93.3. The summed E-state index contributed by atoms with van der Waals surface area (Å²) in [5.74, 6) is -2.14. The van der Waals surface area contributed by atoms with Crippen LogP contribution >= 0.6 is 0 Å². The molecular formula is C132H184F16. The number of hydrogen-bond donors (Lipinski definition) is 0. The summed E-state index contributed by atoms with van der Waals surface area (Å²) in [7, 11) is 0. The molecule has 824 valence electrons. The van der Waals surface area contributed by atoms with E-state index in [4.69, 9.17) is 0 Å². The van der Waals surface area contributed by atoms with Gasteiger partial charge in [-0.25, -0.2) is 70.2 Å². The predicted molar refractivity (Wildman–Crippen MR) is 584 cm³/mol. The molecule has 0 N–H and O–H groups in total. The van der Waals surface area contributed by atoms with Crippen molar-refractivity contribution in [1.29, 1.82) is 0 Å². The van der Waals surface area contributed by atoms with Gasteiger partial charge in [0.05, 0.1) is 0 Å². The first-order valence-electron chi connectivity index (χ1n) is 58.6. The summed E-state index contributed by atoms with van der Waals surface area (Å²) < 4.78 is 220. The van der Waals surface area contributed by atoms with Crippen LogP contribution in [-0.2, 0) is 0 Å². The number of unbranched alkanes of at least 4 members (excludes halogenated alkanes) is 6. The van der Waals surface area contributed by atoms with E-state index in [0.717, 1.165) is 201 Å². The predicted octanol–water partition coefficient (Wildman–Crippen LogP) is 44.3. The normalized spacial score (nSPS) is 23.9. The third-order valence-corrected chi connectivity index (χ3v) is 35.6. The summed E-state index contributed by atoms with van der Waals surface area (Å²) in [5, 5.41) is 0. The Kier molecular flexibility index (Phi) is 53.8. The fourth-order valence-corrected chi connectivity index (χ4v) is 25.3. The minimum absolute atomic E-state index is 0.215. The molecule has 0 aromatic heterocycles. The van der Waals surface area contributed by atoms with E-state index >= 15 is 0 Å². The summed E-state index contributed by atoms with van der Waals surface area (Å²) in [6, 6.07) is 27.8. The lowest BCUT2D eigenvalue weighted by Gasteiger charge is -2.29. The van der Waals surface area contributed by atoms with Gasteiger partial charge in [-0.15, -0.1) is 0 Å². The summed E-state index contributed by atoms with van der Waals surface area (Å²) in [6.45, 7) is 30.6. The molecular weight excluding hydrogens is 1890 g/mol.